The number of benzene rings is 1. The molecule has 2 rings (SSSR count). The normalized spacial score (nSPS) is 14.8. The molecule has 1 aromatic carbocycles. The van der Waals surface area contributed by atoms with E-state index in [2.05, 4.69) is 15.9 Å². The summed E-state index contributed by atoms with van der Waals surface area (Å²) in [4.78, 5) is 11.4. The van der Waals surface area contributed by atoms with Gasteiger partial charge in [0.2, 0.25) is 0 Å². The number of carbonyl (C=O) groups is 1. The van der Waals surface area contributed by atoms with E-state index in [1.165, 1.54) is 0 Å². The van der Waals surface area contributed by atoms with Crippen molar-refractivity contribution in [2.75, 3.05) is 0 Å². The predicted octanol–water partition coefficient (Wildman–Crippen LogP) is 2.59. The van der Waals surface area contributed by atoms with E-state index >= 15 is 0 Å². The molecule has 13 heavy (non-hydrogen) atoms. The van der Waals surface area contributed by atoms with E-state index in [0.717, 1.165) is 22.0 Å². The minimum atomic E-state index is 0.0493. The smallest absolute Gasteiger partial charge is 0.167 e. The van der Waals surface area contributed by atoms with E-state index in [0.29, 0.717) is 12.0 Å². The highest BCUT2D eigenvalue weighted by Crippen LogP contribution is 2.37. The molecule has 0 fully saturated rings. The van der Waals surface area contributed by atoms with Crippen molar-refractivity contribution in [2.24, 2.45) is 0 Å². The van der Waals surface area contributed by atoms with Gasteiger partial charge in [0.25, 0.3) is 0 Å². The van der Waals surface area contributed by atoms with E-state index in [1.54, 1.807) is 6.07 Å². The van der Waals surface area contributed by atoms with Crippen LogP contribution in [0.5, 0.6) is 5.75 Å². The number of rotatable bonds is 0. The van der Waals surface area contributed by atoms with Crippen LogP contribution in [0.4, 0.5) is 0 Å². The first-order valence-electron chi connectivity index (χ1n) is 4.15. The second-order valence-electron chi connectivity index (χ2n) is 3.30. The molecule has 0 radical (unpaired) electrons. The van der Waals surface area contributed by atoms with Crippen LogP contribution >= 0.6 is 15.9 Å². The maximum Gasteiger partial charge on any atom is 0.167 e. The zero-order valence-corrected chi connectivity index (χ0v) is 8.81. The van der Waals surface area contributed by atoms with Crippen LogP contribution in [-0.2, 0) is 6.42 Å². The van der Waals surface area contributed by atoms with Crippen molar-refractivity contribution in [1.82, 2.24) is 0 Å². The third kappa shape index (κ3) is 1.18. The molecule has 0 bridgehead atoms. The summed E-state index contributed by atoms with van der Waals surface area (Å²) in [5, 5.41) is 9.57. The van der Waals surface area contributed by atoms with E-state index in [9.17, 15) is 9.90 Å². The van der Waals surface area contributed by atoms with E-state index < -0.39 is 0 Å². The maximum atomic E-state index is 11.4. The van der Waals surface area contributed by atoms with Gasteiger partial charge in [-0.2, -0.15) is 0 Å². The van der Waals surface area contributed by atoms with Crippen molar-refractivity contribution in [3.63, 3.8) is 0 Å². The second kappa shape index (κ2) is 2.84. The van der Waals surface area contributed by atoms with Gasteiger partial charge in [-0.25, -0.2) is 0 Å². The van der Waals surface area contributed by atoms with Crippen molar-refractivity contribution in [1.29, 1.82) is 0 Å². The Morgan fingerprint density at radius 3 is 2.85 bits per heavy atom. The highest BCUT2D eigenvalue weighted by atomic mass is 79.9. The highest BCUT2D eigenvalue weighted by molar-refractivity contribution is 9.10. The van der Waals surface area contributed by atoms with Gasteiger partial charge in [-0.05, 0) is 30.5 Å². The van der Waals surface area contributed by atoms with E-state index in [1.807, 2.05) is 6.92 Å². The van der Waals surface area contributed by atoms with Gasteiger partial charge in [0, 0.05) is 10.9 Å². The van der Waals surface area contributed by atoms with E-state index in [4.69, 9.17) is 0 Å². The number of hydrogen-bond donors (Lipinski definition) is 1. The SMILES string of the molecule is Cc1cc(O)c2c(c1Br)CCC2=O. The molecule has 0 heterocycles. The Kier molecular flexibility index (Phi) is 1.91. The first-order valence-corrected chi connectivity index (χ1v) is 4.94. The summed E-state index contributed by atoms with van der Waals surface area (Å²) in [6, 6.07) is 1.63. The summed E-state index contributed by atoms with van der Waals surface area (Å²) in [5.41, 5.74) is 2.45. The van der Waals surface area contributed by atoms with Crippen molar-refractivity contribution in [2.45, 2.75) is 19.8 Å². The van der Waals surface area contributed by atoms with Crippen LogP contribution in [0.3, 0.4) is 0 Å². The highest BCUT2D eigenvalue weighted by Gasteiger charge is 2.26. The fourth-order valence-electron chi connectivity index (χ4n) is 1.75. The van der Waals surface area contributed by atoms with Crippen LogP contribution in [-0.4, -0.2) is 10.9 Å². The molecule has 0 unspecified atom stereocenters. The zero-order chi connectivity index (χ0) is 9.59. The average molecular weight is 241 g/mol. The largest absolute Gasteiger partial charge is 0.507 e. The van der Waals surface area contributed by atoms with Gasteiger partial charge in [-0.1, -0.05) is 15.9 Å². The monoisotopic (exact) mass is 240 g/mol. The molecule has 1 aromatic rings. The number of aromatic hydroxyl groups is 1. The third-order valence-corrected chi connectivity index (χ3v) is 3.51. The standard InChI is InChI=1S/C10H9BrO2/c1-5-4-8(13)9-6(10(5)11)2-3-7(9)12/h4,13H,2-3H2,1H3. The minimum Gasteiger partial charge on any atom is -0.507 e. The molecule has 1 aliphatic rings. The summed E-state index contributed by atoms with van der Waals surface area (Å²) in [5.74, 6) is 0.173. The number of halogens is 1. The van der Waals surface area contributed by atoms with Gasteiger partial charge in [0.1, 0.15) is 5.75 Å². The Hall–Kier alpha value is -0.830. The van der Waals surface area contributed by atoms with Gasteiger partial charge >= 0.3 is 0 Å². The molecule has 0 aromatic heterocycles. The number of ketones is 1. The van der Waals surface area contributed by atoms with Gasteiger partial charge < -0.3 is 5.11 Å². The van der Waals surface area contributed by atoms with Crippen LogP contribution in [0.1, 0.15) is 27.9 Å². The van der Waals surface area contributed by atoms with Crippen molar-refractivity contribution >= 4 is 21.7 Å². The molecule has 0 aliphatic heterocycles. The Morgan fingerprint density at radius 1 is 1.46 bits per heavy atom. The second-order valence-corrected chi connectivity index (χ2v) is 4.10. The maximum absolute atomic E-state index is 11.4. The summed E-state index contributed by atoms with van der Waals surface area (Å²) in [6.45, 7) is 1.91. The summed E-state index contributed by atoms with van der Waals surface area (Å²) >= 11 is 3.43. The van der Waals surface area contributed by atoms with Crippen molar-refractivity contribution in [3.05, 3.63) is 27.2 Å². The van der Waals surface area contributed by atoms with Crippen LogP contribution in [0.2, 0.25) is 0 Å². The zero-order valence-electron chi connectivity index (χ0n) is 7.22. The molecule has 3 heteroatoms. The molecule has 1 N–H and O–H groups in total. The molecule has 68 valence electrons. The van der Waals surface area contributed by atoms with Crippen LogP contribution in [0, 0.1) is 6.92 Å². The fourth-order valence-corrected chi connectivity index (χ4v) is 2.26. The van der Waals surface area contributed by atoms with Crippen LogP contribution < -0.4 is 0 Å². The summed E-state index contributed by atoms with van der Waals surface area (Å²) < 4.78 is 0.964. The molecule has 0 saturated heterocycles. The first kappa shape index (κ1) is 8.75. The first-order chi connectivity index (χ1) is 6.11. The number of phenolic OH excluding ortho intramolecular Hbond substituents is 1. The third-order valence-electron chi connectivity index (χ3n) is 2.40. The average Bonchev–Trinajstić information content (AvgIpc) is 2.44. The Morgan fingerprint density at radius 2 is 2.15 bits per heavy atom. The molecule has 0 amide bonds. The molecule has 2 nitrogen and oxygen atoms in total. The van der Waals surface area contributed by atoms with Gasteiger partial charge in [-0.15, -0.1) is 0 Å². The van der Waals surface area contributed by atoms with Crippen molar-refractivity contribution in [3.8, 4) is 5.75 Å². The summed E-state index contributed by atoms with van der Waals surface area (Å²) in [7, 11) is 0. The Balaban J connectivity index is 2.76. The number of carbonyl (C=O) groups excluding carboxylic acids is 1. The number of Topliss-reactive ketones (excluding diaryl/α,β-unsaturated/α-hetero) is 1. The Labute approximate surface area is 84.7 Å². The lowest BCUT2D eigenvalue weighted by Crippen LogP contribution is -1.93. The molecule has 0 saturated carbocycles. The lowest BCUT2D eigenvalue weighted by atomic mass is 10.1. The molecule has 0 spiro atoms. The predicted molar refractivity (Wildman–Crippen MR) is 53.2 cm³/mol. The van der Waals surface area contributed by atoms with Crippen molar-refractivity contribution < 1.29 is 9.90 Å². The van der Waals surface area contributed by atoms with Gasteiger partial charge in [0.05, 0.1) is 5.56 Å². The fraction of sp³-hybridized carbons (Fsp3) is 0.300. The summed E-state index contributed by atoms with van der Waals surface area (Å²) in [6.07, 6.45) is 1.26. The number of fused-ring (bicyclic) bond motifs is 1. The number of aryl methyl sites for hydroxylation is 1. The van der Waals surface area contributed by atoms with Gasteiger partial charge in [-0.3, -0.25) is 4.79 Å². The molecule has 0 atom stereocenters. The lowest BCUT2D eigenvalue weighted by Gasteiger charge is -2.06. The Bertz CT molecular complexity index is 396. The topological polar surface area (TPSA) is 37.3 Å². The molecule has 1 aliphatic carbocycles. The number of hydrogen-bond acceptors (Lipinski definition) is 2. The quantitative estimate of drug-likeness (QED) is 0.757. The van der Waals surface area contributed by atoms with Crippen LogP contribution in [0.25, 0.3) is 0 Å². The lowest BCUT2D eigenvalue weighted by molar-refractivity contribution is 0.0992. The molecular weight excluding hydrogens is 232 g/mol. The number of phenols is 1. The molecular formula is C10H9BrO2. The minimum absolute atomic E-state index is 0.0493. The van der Waals surface area contributed by atoms with Crippen LogP contribution in [0.15, 0.2) is 10.5 Å². The van der Waals surface area contributed by atoms with E-state index in [-0.39, 0.29) is 11.5 Å². The van der Waals surface area contributed by atoms with Gasteiger partial charge in [0.15, 0.2) is 5.78 Å².